The van der Waals surface area contributed by atoms with Gasteiger partial charge in [0, 0.05) is 30.1 Å². The van der Waals surface area contributed by atoms with E-state index >= 15 is 0 Å². The Morgan fingerprint density at radius 3 is 2.54 bits per heavy atom. The van der Waals surface area contributed by atoms with Crippen LogP contribution in [0.25, 0.3) is 0 Å². The lowest BCUT2D eigenvalue weighted by atomic mass is 9.97. The molecule has 0 radical (unpaired) electrons. The number of rotatable bonds is 4. The highest BCUT2D eigenvalue weighted by Crippen LogP contribution is 2.34. The number of thiophene rings is 1. The Morgan fingerprint density at radius 2 is 1.96 bits per heavy atom. The maximum Gasteiger partial charge on any atom is 0.270 e. The highest BCUT2D eigenvalue weighted by atomic mass is 32.2. The van der Waals surface area contributed by atoms with E-state index in [1.807, 2.05) is 11.4 Å². The first-order valence-corrected chi connectivity index (χ1v) is 10.00. The third kappa shape index (κ3) is 3.22. The van der Waals surface area contributed by atoms with Gasteiger partial charge >= 0.3 is 0 Å². The summed E-state index contributed by atoms with van der Waals surface area (Å²) < 4.78 is 27.2. The molecule has 0 saturated carbocycles. The molecule has 0 bridgehead atoms. The van der Waals surface area contributed by atoms with E-state index in [9.17, 15) is 18.5 Å². The molecule has 0 unspecified atom stereocenters. The fourth-order valence-electron chi connectivity index (χ4n) is 3.02. The van der Waals surface area contributed by atoms with Crippen LogP contribution in [0.1, 0.15) is 29.2 Å². The summed E-state index contributed by atoms with van der Waals surface area (Å²) in [7, 11) is -3.71. The molecule has 1 saturated heterocycles. The zero-order valence-corrected chi connectivity index (χ0v) is 14.8. The number of piperidine rings is 1. The second-order valence-corrected chi connectivity index (χ2v) is 8.79. The van der Waals surface area contributed by atoms with Crippen molar-refractivity contribution < 1.29 is 13.3 Å². The molecule has 3 rings (SSSR count). The van der Waals surface area contributed by atoms with Gasteiger partial charge in [0.15, 0.2) is 0 Å². The molecule has 0 aliphatic carbocycles. The van der Waals surface area contributed by atoms with Crippen LogP contribution in [0.4, 0.5) is 5.69 Å². The molecule has 8 heteroatoms. The van der Waals surface area contributed by atoms with Gasteiger partial charge in [0.2, 0.25) is 10.0 Å². The van der Waals surface area contributed by atoms with Crippen molar-refractivity contribution in [2.24, 2.45) is 0 Å². The predicted molar refractivity (Wildman–Crippen MR) is 92.9 cm³/mol. The second-order valence-electron chi connectivity index (χ2n) is 5.90. The standard InChI is InChI=1S/C16H18N2O4S2/c1-12-4-5-14(18(19)20)11-16(12)24(21,22)17-8-6-13(7-9-17)15-3-2-10-23-15/h2-5,10-11,13H,6-9H2,1H3. The Balaban J connectivity index is 1.82. The molecule has 0 atom stereocenters. The van der Waals surface area contributed by atoms with Crippen LogP contribution >= 0.6 is 11.3 Å². The fourth-order valence-corrected chi connectivity index (χ4v) is 5.64. The molecule has 1 aliphatic heterocycles. The summed E-state index contributed by atoms with van der Waals surface area (Å²) >= 11 is 1.70. The zero-order valence-electron chi connectivity index (χ0n) is 13.2. The fraction of sp³-hybridized carbons (Fsp3) is 0.375. The van der Waals surface area contributed by atoms with Gasteiger partial charge in [0.05, 0.1) is 9.82 Å². The monoisotopic (exact) mass is 366 g/mol. The number of hydrogen-bond acceptors (Lipinski definition) is 5. The molecular formula is C16H18N2O4S2. The van der Waals surface area contributed by atoms with Gasteiger partial charge in [-0.3, -0.25) is 10.1 Å². The Labute approximate surface area is 144 Å². The van der Waals surface area contributed by atoms with E-state index in [-0.39, 0.29) is 10.6 Å². The van der Waals surface area contributed by atoms with Crippen LogP contribution in [0.2, 0.25) is 0 Å². The minimum atomic E-state index is -3.71. The van der Waals surface area contributed by atoms with Gasteiger partial charge in [-0.25, -0.2) is 8.42 Å². The van der Waals surface area contributed by atoms with Gasteiger partial charge in [0.25, 0.3) is 5.69 Å². The Bertz CT molecular complexity index is 839. The van der Waals surface area contributed by atoms with E-state index in [4.69, 9.17) is 0 Å². The lowest BCUT2D eigenvalue weighted by Gasteiger charge is -2.31. The van der Waals surface area contributed by atoms with Gasteiger partial charge in [-0.15, -0.1) is 11.3 Å². The molecule has 6 nitrogen and oxygen atoms in total. The quantitative estimate of drug-likeness (QED) is 0.612. The number of nitro benzene ring substituents is 1. The minimum Gasteiger partial charge on any atom is -0.258 e. The maximum atomic E-state index is 12.9. The first-order chi connectivity index (χ1) is 11.4. The molecule has 1 fully saturated rings. The number of hydrogen-bond donors (Lipinski definition) is 0. The average molecular weight is 366 g/mol. The van der Waals surface area contributed by atoms with Crippen LogP contribution < -0.4 is 0 Å². The predicted octanol–water partition coefficient (Wildman–Crippen LogP) is 3.53. The first-order valence-electron chi connectivity index (χ1n) is 7.68. The van der Waals surface area contributed by atoms with Gasteiger partial charge in [-0.05, 0) is 42.7 Å². The third-order valence-corrected chi connectivity index (χ3v) is 7.48. The molecule has 128 valence electrons. The van der Waals surface area contributed by atoms with Crippen molar-refractivity contribution in [3.8, 4) is 0 Å². The smallest absolute Gasteiger partial charge is 0.258 e. The Morgan fingerprint density at radius 1 is 1.25 bits per heavy atom. The van der Waals surface area contributed by atoms with Crippen LogP contribution in [0.3, 0.4) is 0 Å². The number of sulfonamides is 1. The minimum absolute atomic E-state index is 0.0336. The molecule has 1 aromatic heterocycles. The Kier molecular flexibility index (Phi) is 4.71. The van der Waals surface area contributed by atoms with Crippen LogP contribution in [-0.4, -0.2) is 30.7 Å². The van der Waals surface area contributed by atoms with Gasteiger partial charge < -0.3 is 0 Å². The normalized spacial score (nSPS) is 17.0. The Hall–Kier alpha value is -1.77. The summed E-state index contributed by atoms with van der Waals surface area (Å²) in [5, 5.41) is 13.0. The zero-order chi connectivity index (χ0) is 17.3. The van der Waals surface area contributed by atoms with Crippen LogP contribution in [0.5, 0.6) is 0 Å². The molecule has 0 spiro atoms. The van der Waals surface area contributed by atoms with E-state index in [2.05, 4.69) is 6.07 Å². The molecule has 1 aromatic carbocycles. The van der Waals surface area contributed by atoms with Gasteiger partial charge in [-0.2, -0.15) is 4.31 Å². The molecular weight excluding hydrogens is 348 g/mol. The van der Waals surface area contributed by atoms with Crippen LogP contribution in [0.15, 0.2) is 40.6 Å². The molecule has 2 aromatic rings. The highest BCUT2D eigenvalue weighted by molar-refractivity contribution is 7.89. The average Bonchev–Trinajstić information content (AvgIpc) is 3.09. The third-order valence-electron chi connectivity index (χ3n) is 4.40. The van der Waals surface area contributed by atoms with Gasteiger partial charge in [-0.1, -0.05) is 12.1 Å². The van der Waals surface area contributed by atoms with Crippen molar-refractivity contribution in [3.63, 3.8) is 0 Å². The van der Waals surface area contributed by atoms with Crippen molar-refractivity contribution in [2.75, 3.05) is 13.1 Å². The van der Waals surface area contributed by atoms with Crippen molar-refractivity contribution >= 4 is 27.0 Å². The summed E-state index contributed by atoms with van der Waals surface area (Å²) in [6, 6.07) is 8.08. The molecule has 2 heterocycles. The summed E-state index contributed by atoms with van der Waals surface area (Å²) in [5.41, 5.74) is 0.327. The van der Waals surface area contributed by atoms with E-state index < -0.39 is 14.9 Å². The molecule has 24 heavy (non-hydrogen) atoms. The summed E-state index contributed by atoms with van der Waals surface area (Å²) in [6.07, 6.45) is 1.54. The lowest BCUT2D eigenvalue weighted by molar-refractivity contribution is -0.385. The van der Waals surface area contributed by atoms with Crippen molar-refractivity contribution in [1.29, 1.82) is 0 Å². The topological polar surface area (TPSA) is 80.5 Å². The second kappa shape index (κ2) is 6.62. The van der Waals surface area contributed by atoms with Crippen LogP contribution in [0, 0.1) is 17.0 Å². The van der Waals surface area contributed by atoms with E-state index in [1.165, 1.54) is 21.3 Å². The van der Waals surface area contributed by atoms with Gasteiger partial charge in [0.1, 0.15) is 0 Å². The van der Waals surface area contributed by atoms with Crippen molar-refractivity contribution in [2.45, 2.75) is 30.6 Å². The van der Waals surface area contributed by atoms with Crippen LogP contribution in [-0.2, 0) is 10.0 Å². The number of non-ortho nitro benzene ring substituents is 1. The van der Waals surface area contributed by atoms with Crippen molar-refractivity contribution in [1.82, 2.24) is 4.31 Å². The molecule has 0 amide bonds. The van der Waals surface area contributed by atoms with E-state index in [0.717, 1.165) is 18.9 Å². The summed E-state index contributed by atoms with van der Waals surface area (Å²) in [4.78, 5) is 11.7. The molecule has 1 aliphatic rings. The molecule has 0 N–H and O–H groups in total. The SMILES string of the molecule is Cc1ccc([N+](=O)[O-])cc1S(=O)(=O)N1CCC(c2cccs2)CC1. The maximum absolute atomic E-state index is 12.9. The number of nitrogens with zero attached hydrogens (tertiary/aromatic N) is 2. The largest absolute Gasteiger partial charge is 0.270 e. The number of benzene rings is 1. The summed E-state index contributed by atoms with van der Waals surface area (Å²) in [5.74, 6) is 0.391. The number of aryl methyl sites for hydroxylation is 1. The number of nitro groups is 1. The van der Waals surface area contributed by atoms with Crippen molar-refractivity contribution in [3.05, 3.63) is 56.3 Å². The first kappa shape index (κ1) is 17.1. The lowest BCUT2D eigenvalue weighted by Crippen LogP contribution is -2.38. The summed E-state index contributed by atoms with van der Waals surface area (Å²) in [6.45, 7) is 2.54. The highest BCUT2D eigenvalue weighted by Gasteiger charge is 2.32. The van der Waals surface area contributed by atoms with E-state index in [0.29, 0.717) is 24.6 Å². The van der Waals surface area contributed by atoms with E-state index in [1.54, 1.807) is 18.3 Å².